The number of hydrogen-bond donors (Lipinski definition) is 3. The summed E-state index contributed by atoms with van der Waals surface area (Å²) in [6.45, 7) is 5.82. The van der Waals surface area contributed by atoms with Crippen molar-refractivity contribution in [2.24, 2.45) is 0 Å². The van der Waals surface area contributed by atoms with Crippen LogP contribution < -0.4 is 5.56 Å². The quantitative estimate of drug-likeness (QED) is 0.749. The van der Waals surface area contributed by atoms with Crippen LogP contribution in [0.1, 0.15) is 32.0 Å². The van der Waals surface area contributed by atoms with Gasteiger partial charge in [-0.25, -0.2) is 0 Å². The highest BCUT2D eigenvalue weighted by Crippen LogP contribution is 2.31. The van der Waals surface area contributed by atoms with Crippen LogP contribution in [0, 0.1) is 11.3 Å². The van der Waals surface area contributed by atoms with Crippen molar-refractivity contribution in [3.63, 3.8) is 0 Å². The monoisotopic (exact) mass is 284 g/mol. The molecule has 0 saturated carbocycles. The van der Waals surface area contributed by atoms with Crippen LogP contribution in [0.3, 0.4) is 0 Å². The normalized spacial score (nSPS) is 11.1. The second kappa shape index (κ2) is 4.98. The van der Waals surface area contributed by atoms with Gasteiger partial charge in [0.05, 0.1) is 0 Å². The molecule has 2 aromatic rings. The van der Waals surface area contributed by atoms with Crippen LogP contribution in [0.2, 0.25) is 0 Å². The Morgan fingerprint density at radius 3 is 2.14 bits per heavy atom. The minimum Gasteiger partial charge on any atom is -0.508 e. The fourth-order valence-electron chi connectivity index (χ4n) is 2.05. The summed E-state index contributed by atoms with van der Waals surface area (Å²) in [7, 11) is 0. The standard InChI is InChI=1S/C16H16N2O3/c1-16(2,3)14-7-12(13(8-17)15(21)18-14)9-4-10(19)6-11(20)5-9/h4-7,19-20H,1-3H3,(H,18,21). The first-order valence-corrected chi connectivity index (χ1v) is 6.43. The number of H-pyrrole nitrogens is 1. The molecule has 0 saturated heterocycles. The number of phenols is 2. The highest BCUT2D eigenvalue weighted by Gasteiger charge is 2.19. The van der Waals surface area contributed by atoms with Crippen LogP contribution in [-0.4, -0.2) is 15.2 Å². The predicted molar refractivity (Wildman–Crippen MR) is 79.2 cm³/mol. The number of aromatic hydroxyl groups is 2. The molecule has 1 heterocycles. The number of nitrogens with one attached hydrogen (secondary N) is 1. The van der Waals surface area contributed by atoms with Gasteiger partial charge in [0.2, 0.25) is 0 Å². The Kier molecular flexibility index (Phi) is 3.48. The molecule has 0 amide bonds. The van der Waals surface area contributed by atoms with Crippen molar-refractivity contribution < 1.29 is 10.2 Å². The predicted octanol–water partition coefficient (Wildman–Crippen LogP) is 2.62. The maximum Gasteiger partial charge on any atom is 0.266 e. The van der Waals surface area contributed by atoms with Gasteiger partial charge in [0.25, 0.3) is 5.56 Å². The Morgan fingerprint density at radius 2 is 1.67 bits per heavy atom. The van der Waals surface area contributed by atoms with E-state index in [4.69, 9.17) is 0 Å². The summed E-state index contributed by atoms with van der Waals surface area (Å²) in [6.07, 6.45) is 0. The third kappa shape index (κ3) is 2.90. The first kappa shape index (κ1) is 14.7. The largest absolute Gasteiger partial charge is 0.508 e. The number of nitrogens with zero attached hydrogens (tertiary/aromatic N) is 1. The van der Waals surface area contributed by atoms with Crippen LogP contribution in [0.4, 0.5) is 0 Å². The lowest BCUT2D eigenvalue weighted by Gasteiger charge is -2.20. The van der Waals surface area contributed by atoms with Gasteiger partial charge in [0.15, 0.2) is 0 Å². The second-order valence-corrected chi connectivity index (χ2v) is 5.90. The summed E-state index contributed by atoms with van der Waals surface area (Å²) in [5.74, 6) is -0.266. The molecule has 5 nitrogen and oxygen atoms in total. The van der Waals surface area contributed by atoms with Gasteiger partial charge in [-0.1, -0.05) is 20.8 Å². The molecule has 0 atom stereocenters. The maximum atomic E-state index is 12.1. The molecule has 0 unspecified atom stereocenters. The molecule has 1 aromatic heterocycles. The average Bonchev–Trinajstić information content (AvgIpc) is 2.35. The molecule has 0 aliphatic heterocycles. The van der Waals surface area contributed by atoms with E-state index in [9.17, 15) is 20.3 Å². The molecule has 108 valence electrons. The molecule has 0 aliphatic rings. The Hall–Kier alpha value is -2.74. The zero-order valence-electron chi connectivity index (χ0n) is 12.1. The van der Waals surface area contributed by atoms with Crippen molar-refractivity contribution in [3.8, 4) is 28.7 Å². The van der Waals surface area contributed by atoms with Gasteiger partial charge in [0.1, 0.15) is 23.1 Å². The third-order valence-electron chi connectivity index (χ3n) is 3.17. The SMILES string of the molecule is CC(C)(C)c1cc(-c2cc(O)cc(O)c2)c(C#N)c(=O)[nH]1. The Morgan fingerprint density at radius 1 is 1.10 bits per heavy atom. The average molecular weight is 284 g/mol. The molecule has 0 spiro atoms. The minimum atomic E-state index is -0.484. The highest BCUT2D eigenvalue weighted by molar-refractivity contribution is 5.73. The number of aromatic amines is 1. The van der Waals surface area contributed by atoms with Crippen molar-refractivity contribution in [1.29, 1.82) is 5.26 Å². The Labute approximate surface area is 122 Å². The van der Waals surface area contributed by atoms with E-state index in [0.717, 1.165) is 0 Å². The third-order valence-corrected chi connectivity index (χ3v) is 3.17. The van der Waals surface area contributed by atoms with Crippen molar-refractivity contribution in [1.82, 2.24) is 4.98 Å². The van der Waals surface area contributed by atoms with E-state index in [1.807, 2.05) is 26.8 Å². The summed E-state index contributed by atoms with van der Waals surface area (Å²) < 4.78 is 0. The number of aromatic nitrogens is 1. The molecular weight excluding hydrogens is 268 g/mol. The van der Waals surface area contributed by atoms with Crippen LogP contribution in [0.15, 0.2) is 29.1 Å². The lowest BCUT2D eigenvalue weighted by molar-refractivity contribution is 0.451. The number of rotatable bonds is 1. The maximum absolute atomic E-state index is 12.1. The highest BCUT2D eigenvalue weighted by atomic mass is 16.3. The molecule has 2 rings (SSSR count). The molecule has 0 aliphatic carbocycles. The van der Waals surface area contributed by atoms with E-state index in [2.05, 4.69) is 4.98 Å². The number of pyridine rings is 1. The van der Waals surface area contributed by atoms with E-state index >= 15 is 0 Å². The fourth-order valence-corrected chi connectivity index (χ4v) is 2.05. The lowest BCUT2D eigenvalue weighted by Crippen LogP contribution is -2.22. The molecule has 0 fully saturated rings. The topological polar surface area (TPSA) is 97.1 Å². The van der Waals surface area contributed by atoms with Gasteiger partial charge in [0, 0.05) is 22.7 Å². The molecule has 21 heavy (non-hydrogen) atoms. The van der Waals surface area contributed by atoms with E-state index < -0.39 is 5.56 Å². The molecule has 1 aromatic carbocycles. The van der Waals surface area contributed by atoms with Crippen molar-refractivity contribution in [3.05, 3.63) is 45.9 Å². The second-order valence-electron chi connectivity index (χ2n) is 5.90. The van der Waals surface area contributed by atoms with Crippen LogP contribution in [0.5, 0.6) is 11.5 Å². The van der Waals surface area contributed by atoms with Crippen molar-refractivity contribution in [2.45, 2.75) is 26.2 Å². The van der Waals surface area contributed by atoms with E-state index in [1.54, 1.807) is 6.07 Å². The van der Waals surface area contributed by atoms with Crippen LogP contribution in [0.25, 0.3) is 11.1 Å². The zero-order valence-corrected chi connectivity index (χ0v) is 12.1. The van der Waals surface area contributed by atoms with Gasteiger partial charge in [-0.3, -0.25) is 4.79 Å². The number of nitriles is 1. The van der Waals surface area contributed by atoms with Gasteiger partial charge in [-0.2, -0.15) is 5.26 Å². The summed E-state index contributed by atoms with van der Waals surface area (Å²) >= 11 is 0. The Balaban J connectivity index is 2.81. The van der Waals surface area contributed by atoms with Crippen LogP contribution in [-0.2, 0) is 5.41 Å². The molecule has 5 heteroatoms. The first-order valence-electron chi connectivity index (χ1n) is 6.43. The molecule has 0 radical (unpaired) electrons. The van der Waals surface area contributed by atoms with Gasteiger partial charge in [-0.15, -0.1) is 0 Å². The molecule has 0 bridgehead atoms. The minimum absolute atomic E-state index is 0.0481. The summed E-state index contributed by atoms with van der Waals surface area (Å²) in [5.41, 5.74) is 0.638. The van der Waals surface area contributed by atoms with E-state index in [1.165, 1.54) is 18.2 Å². The Bertz CT molecular complexity index is 772. The summed E-state index contributed by atoms with van der Waals surface area (Å²) in [6, 6.07) is 7.57. The van der Waals surface area contributed by atoms with Gasteiger partial charge < -0.3 is 15.2 Å². The van der Waals surface area contributed by atoms with E-state index in [0.29, 0.717) is 16.8 Å². The first-order chi connectivity index (χ1) is 9.72. The zero-order chi connectivity index (χ0) is 15.8. The van der Waals surface area contributed by atoms with Crippen LogP contribution >= 0.6 is 0 Å². The number of hydrogen-bond acceptors (Lipinski definition) is 4. The summed E-state index contributed by atoms with van der Waals surface area (Å²) in [5, 5.41) is 28.4. The number of phenolic OH excluding ortho intramolecular Hbond substituents is 2. The van der Waals surface area contributed by atoms with Crippen molar-refractivity contribution in [2.75, 3.05) is 0 Å². The lowest BCUT2D eigenvalue weighted by atomic mass is 9.88. The molecule has 3 N–H and O–H groups in total. The fraction of sp³-hybridized carbons (Fsp3) is 0.250. The smallest absolute Gasteiger partial charge is 0.266 e. The molecular formula is C16H16N2O3. The summed E-state index contributed by atoms with van der Waals surface area (Å²) in [4.78, 5) is 14.8. The number of benzene rings is 1. The van der Waals surface area contributed by atoms with Crippen molar-refractivity contribution >= 4 is 0 Å². The van der Waals surface area contributed by atoms with E-state index in [-0.39, 0.29) is 22.5 Å². The van der Waals surface area contributed by atoms with Gasteiger partial charge >= 0.3 is 0 Å². The van der Waals surface area contributed by atoms with Gasteiger partial charge in [-0.05, 0) is 23.8 Å².